The van der Waals surface area contributed by atoms with E-state index in [4.69, 9.17) is 5.73 Å². The summed E-state index contributed by atoms with van der Waals surface area (Å²) < 4.78 is 1.72. The first-order valence-corrected chi connectivity index (χ1v) is 7.22. The van der Waals surface area contributed by atoms with Gasteiger partial charge in [0, 0.05) is 31.2 Å². The van der Waals surface area contributed by atoms with Crippen LogP contribution in [0.5, 0.6) is 0 Å². The fraction of sp³-hybridized carbons (Fsp3) is 0.533. The molecule has 0 radical (unpaired) electrons. The minimum Gasteiger partial charge on any atom is -0.348 e. The number of aromatic nitrogens is 3. The van der Waals surface area contributed by atoms with Crippen LogP contribution < -0.4 is 11.1 Å². The van der Waals surface area contributed by atoms with Crippen LogP contribution in [0, 0.1) is 12.8 Å². The Balaban J connectivity index is 2.21. The third-order valence-corrected chi connectivity index (χ3v) is 3.50. The molecule has 2 aromatic rings. The summed E-state index contributed by atoms with van der Waals surface area (Å²) >= 11 is 0. The zero-order chi connectivity index (χ0) is 15.6. The van der Waals surface area contributed by atoms with Gasteiger partial charge in [0.25, 0.3) is 5.91 Å². The van der Waals surface area contributed by atoms with Crippen LogP contribution in [-0.4, -0.2) is 33.3 Å². The number of fused-ring (bicyclic) bond motifs is 1. The number of rotatable bonds is 5. The van der Waals surface area contributed by atoms with E-state index in [9.17, 15) is 4.79 Å². The Labute approximate surface area is 124 Å². The summed E-state index contributed by atoms with van der Waals surface area (Å²) in [7, 11) is 1.84. The van der Waals surface area contributed by atoms with Crippen molar-refractivity contribution in [2.45, 2.75) is 33.2 Å². The SMILES string of the molecule is Cc1nn(C)c2ncc(C(=O)NC(CN)CC(C)C)cc12. The molecule has 6 nitrogen and oxygen atoms in total. The van der Waals surface area contributed by atoms with E-state index in [0.717, 1.165) is 23.1 Å². The van der Waals surface area contributed by atoms with E-state index in [-0.39, 0.29) is 11.9 Å². The molecular weight excluding hydrogens is 266 g/mol. The molecule has 6 heteroatoms. The average molecular weight is 289 g/mol. The highest BCUT2D eigenvalue weighted by molar-refractivity contribution is 5.97. The molecule has 0 aliphatic carbocycles. The van der Waals surface area contributed by atoms with Gasteiger partial charge in [-0.25, -0.2) is 4.98 Å². The number of nitrogens with two attached hydrogens (primary N) is 1. The molecule has 1 unspecified atom stereocenters. The lowest BCUT2D eigenvalue weighted by molar-refractivity contribution is 0.0933. The van der Waals surface area contributed by atoms with Crippen molar-refractivity contribution in [1.29, 1.82) is 0 Å². The van der Waals surface area contributed by atoms with Crippen LogP contribution in [0.1, 0.15) is 36.3 Å². The molecule has 1 atom stereocenters. The van der Waals surface area contributed by atoms with Crippen LogP contribution in [0.4, 0.5) is 0 Å². The fourth-order valence-corrected chi connectivity index (χ4v) is 2.48. The number of hydrogen-bond acceptors (Lipinski definition) is 4. The van der Waals surface area contributed by atoms with E-state index in [0.29, 0.717) is 18.0 Å². The predicted octanol–water partition coefficient (Wildman–Crippen LogP) is 1.38. The molecule has 2 aromatic heterocycles. The third-order valence-electron chi connectivity index (χ3n) is 3.50. The molecule has 0 bridgehead atoms. The highest BCUT2D eigenvalue weighted by Gasteiger charge is 2.16. The summed E-state index contributed by atoms with van der Waals surface area (Å²) in [5, 5.41) is 8.18. The van der Waals surface area contributed by atoms with Crippen LogP contribution >= 0.6 is 0 Å². The second kappa shape index (κ2) is 6.22. The first-order chi connectivity index (χ1) is 9.92. The van der Waals surface area contributed by atoms with Crippen molar-refractivity contribution in [2.75, 3.05) is 6.54 Å². The van der Waals surface area contributed by atoms with Crippen molar-refractivity contribution in [3.63, 3.8) is 0 Å². The lowest BCUT2D eigenvalue weighted by Crippen LogP contribution is -2.41. The number of hydrogen-bond donors (Lipinski definition) is 2. The summed E-state index contributed by atoms with van der Waals surface area (Å²) in [4.78, 5) is 16.6. The number of pyridine rings is 1. The van der Waals surface area contributed by atoms with Crippen molar-refractivity contribution in [1.82, 2.24) is 20.1 Å². The van der Waals surface area contributed by atoms with E-state index in [1.165, 1.54) is 0 Å². The number of carbonyl (C=O) groups is 1. The molecule has 0 aromatic carbocycles. The van der Waals surface area contributed by atoms with E-state index in [1.807, 2.05) is 20.0 Å². The monoisotopic (exact) mass is 289 g/mol. The van der Waals surface area contributed by atoms with Gasteiger partial charge in [0.05, 0.1) is 11.3 Å². The maximum atomic E-state index is 12.3. The van der Waals surface area contributed by atoms with Crippen LogP contribution in [0.15, 0.2) is 12.3 Å². The molecule has 2 heterocycles. The van der Waals surface area contributed by atoms with Crippen molar-refractivity contribution < 1.29 is 4.79 Å². The number of aryl methyl sites for hydroxylation is 2. The number of nitrogens with one attached hydrogen (secondary N) is 1. The Morgan fingerprint density at radius 1 is 1.48 bits per heavy atom. The second-order valence-electron chi connectivity index (χ2n) is 5.84. The van der Waals surface area contributed by atoms with Gasteiger partial charge in [0.15, 0.2) is 5.65 Å². The minimum atomic E-state index is -0.135. The van der Waals surface area contributed by atoms with Crippen molar-refractivity contribution in [2.24, 2.45) is 18.7 Å². The van der Waals surface area contributed by atoms with Gasteiger partial charge in [-0.15, -0.1) is 0 Å². The van der Waals surface area contributed by atoms with Gasteiger partial charge in [-0.3, -0.25) is 9.48 Å². The Bertz CT molecular complexity index is 647. The Morgan fingerprint density at radius 2 is 2.19 bits per heavy atom. The zero-order valence-corrected chi connectivity index (χ0v) is 13.1. The number of nitrogens with zero attached hydrogens (tertiary/aromatic N) is 3. The fourth-order valence-electron chi connectivity index (χ4n) is 2.48. The van der Waals surface area contributed by atoms with Gasteiger partial charge < -0.3 is 11.1 Å². The Morgan fingerprint density at radius 3 is 2.81 bits per heavy atom. The number of amides is 1. The van der Waals surface area contributed by atoms with Gasteiger partial charge in [-0.1, -0.05) is 13.8 Å². The van der Waals surface area contributed by atoms with E-state index >= 15 is 0 Å². The maximum absolute atomic E-state index is 12.3. The highest BCUT2D eigenvalue weighted by Crippen LogP contribution is 2.16. The zero-order valence-electron chi connectivity index (χ0n) is 13.1. The lowest BCUT2D eigenvalue weighted by Gasteiger charge is -2.18. The second-order valence-corrected chi connectivity index (χ2v) is 5.84. The van der Waals surface area contributed by atoms with Crippen LogP contribution in [0.2, 0.25) is 0 Å². The Kier molecular flexibility index (Phi) is 4.57. The molecule has 0 saturated heterocycles. The van der Waals surface area contributed by atoms with E-state index < -0.39 is 0 Å². The molecule has 21 heavy (non-hydrogen) atoms. The standard InChI is InChI=1S/C15H23N5O/c1-9(2)5-12(7-16)18-15(21)11-6-13-10(3)19-20(4)14(13)17-8-11/h6,8-9,12H,5,7,16H2,1-4H3,(H,18,21). The number of carbonyl (C=O) groups excluding carboxylic acids is 1. The minimum absolute atomic E-state index is 0.0109. The molecule has 0 spiro atoms. The molecule has 0 saturated carbocycles. The third kappa shape index (κ3) is 3.39. The van der Waals surface area contributed by atoms with Gasteiger partial charge >= 0.3 is 0 Å². The van der Waals surface area contributed by atoms with Crippen LogP contribution in [0.25, 0.3) is 11.0 Å². The highest BCUT2D eigenvalue weighted by atomic mass is 16.1. The van der Waals surface area contributed by atoms with Gasteiger partial charge in [0.2, 0.25) is 0 Å². The summed E-state index contributed by atoms with van der Waals surface area (Å²) in [6, 6.07) is 1.83. The first kappa shape index (κ1) is 15.4. The van der Waals surface area contributed by atoms with Gasteiger partial charge in [-0.05, 0) is 25.3 Å². The predicted molar refractivity (Wildman–Crippen MR) is 83.0 cm³/mol. The van der Waals surface area contributed by atoms with Crippen molar-refractivity contribution >= 4 is 16.9 Å². The Hall–Kier alpha value is -1.95. The molecule has 0 aliphatic rings. The van der Waals surface area contributed by atoms with Gasteiger partial charge in [0.1, 0.15) is 0 Å². The molecular formula is C15H23N5O. The molecule has 1 amide bonds. The maximum Gasteiger partial charge on any atom is 0.253 e. The van der Waals surface area contributed by atoms with Crippen molar-refractivity contribution in [3.05, 3.63) is 23.5 Å². The largest absolute Gasteiger partial charge is 0.348 e. The summed E-state index contributed by atoms with van der Waals surface area (Å²) in [5.41, 5.74) is 7.91. The summed E-state index contributed by atoms with van der Waals surface area (Å²) in [6.07, 6.45) is 2.45. The summed E-state index contributed by atoms with van der Waals surface area (Å²) in [5.74, 6) is 0.351. The molecule has 3 N–H and O–H groups in total. The summed E-state index contributed by atoms with van der Waals surface area (Å²) in [6.45, 7) is 6.57. The van der Waals surface area contributed by atoms with E-state index in [2.05, 4.69) is 29.2 Å². The normalized spacial score (nSPS) is 12.9. The van der Waals surface area contributed by atoms with Crippen LogP contribution in [0.3, 0.4) is 0 Å². The molecule has 2 rings (SSSR count). The topological polar surface area (TPSA) is 85.8 Å². The quantitative estimate of drug-likeness (QED) is 0.870. The first-order valence-electron chi connectivity index (χ1n) is 7.22. The molecule has 0 fully saturated rings. The van der Waals surface area contributed by atoms with Crippen LogP contribution in [-0.2, 0) is 7.05 Å². The van der Waals surface area contributed by atoms with Gasteiger partial charge in [-0.2, -0.15) is 5.10 Å². The van der Waals surface area contributed by atoms with E-state index in [1.54, 1.807) is 10.9 Å². The lowest BCUT2D eigenvalue weighted by atomic mass is 10.0. The average Bonchev–Trinajstić information content (AvgIpc) is 2.72. The smallest absolute Gasteiger partial charge is 0.253 e. The molecule has 114 valence electrons. The van der Waals surface area contributed by atoms with Crippen molar-refractivity contribution in [3.8, 4) is 0 Å². The molecule has 0 aliphatic heterocycles.